The highest BCUT2D eigenvalue weighted by molar-refractivity contribution is 6.32. The average Bonchev–Trinajstić information content (AvgIpc) is 2.03. The van der Waals surface area contributed by atoms with E-state index in [0.29, 0.717) is 5.46 Å². The summed E-state index contributed by atoms with van der Waals surface area (Å²) in [5.74, 6) is 0. The van der Waals surface area contributed by atoms with Gasteiger partial charge in [-0.3, -0.25) is 9.78 Å². The van der Waals surface area contributed by atoms with Gasteiger partial charge in [0.05, 0.1) is 5.52 Å². The molecule has 0 aromatic carbocycles. The molecule has 0 atom stereocenters. The SMILES string of the molecule is [B]c1cnc2c[nH]c(=O)cc2c1. The van der Waals surface area contributed by atoms with Crippen molar-refractivity contribution in [3.05, 3.63) is 34.9 Å². The van der Waals surface area contributed by atoms with E-state index in [1.54, 1.807) is 18.5 Å². The molecule has 0 aliphatic carbocycles. The first kappa shape index (κ1) is 7.09. The third-order valence-corrected chi connectivity index (χ3v) is 1.61. The van der Waals surface area contributed by atoms with E-state index in [1.165, 1.54) is 6.07 Å². The van der Waals surface area contributed by atoms with Crippen LogP contribution in [0, 0.1) is 0 Å². The molecule has 12 heavy (non-hydrogen) atoms. The Labute approximate surface area is 69.9 Å². The molecule has 0 bridgehead atoms. The van der Waals surface area contributed by atoms with Crippen molar-refractivity contribution in [1.82, 2.24) is 9.97 Å². The van der Waals surface area contributed by atoms with Crippen molar-refractivity contribution in [3.63, 3.8) is 0 Å². The van der Waals surface area contributed by atoms with Gasteiger partial charge in [-0.1, -0.05) is 11.5 Å². The van der Waals surface area contributed by atoms with E-state index in [2.05, 4.69) is 9.97 Å². The van der Waals surface area contributed by atoms with Crippen molar-refractivity contribution < 1.29 is 0 Å². The summed E-state index contributed by atoms with van der Waals surface area (Å²) >= 11 is 0. The highest BCUT2D eigenvalue weighted by atomic mass is 16.1. The molecule has 0 saturated carbocycles. The minimum absolute atomic E-state index is 0.144. The van der Waals surface area contributed by atoms with Crippen LogP contribution in [0.2, 0.25) is 0 Å². The van der Waals surface area contributed by atoms with Crippen molar-refractivity contribution in [3.8, 4) is 0 Å². The molecule has 0 aliphatic heterocycles. The number of fused-ring (bicyclic) bond motifs is 1. The first-order chi connectivity index (χ1) is 5.75. The Balaban J connectivity index is 2.89. The third-order valence-electron chi connectivity index (χ3n) is 1.61. The van der Waals surface area contributed by atoms with Crippen LogP contribution >= 0.6 is 0 Å². The second kappa shape index (κ2) is 2.48. The summed E-state index contributed by atoms with van der Waals surface area (Å²) in [5, 5.41) is 0.763. The molecule has 0 spiro atoms. The quantitative estimate of drug-likeness (QED) is 0.533. The lowest BCUT2D eigenvalue weighted by atomic mass is 9.97. The number of nitrogens with zero attached hydrogens (tertiary/aromatic N) is 1. The lowest BCUT2D eigenvalue weighted by Gasteiger charge is -1.96. The molecule has 0 amide bonds. The Kier molecular flexibility index (Phi) is 1.47. The molecule has 56 valence electrons. The summed E-state index contributed by atoms with van der Waals surface area (Å²) in [6.45, 7) is 0. The molecular weight excluding hydrogens is 151 g/mol. The van der Waals surface area contributed by atoms with Crippen LogP contribution in [-0.4, -0.2) is 17.8 Å². The zero-order valence-electron chi connectivity index (χ0n) is 6.24. The number of hydrogen-bond donors (Lipinski definition) is 1. The van der Waals surface area contributed by atoms with Gasteiger partial charge in [0.25, 0.3) is 0 Å². The molecule has 2 aromatic rings. The maximum absolute atomic E-state index is 10.9. The van der Waals surface area contributed by atoms with E-state index in [-0.39, 0.29) is 5.56 Å². The number of hydrogen-bond acceptors (Lipinski definition) is 2. The summed E-state index contributed by atoms with van der Waals surface area (Å²) in [6.07, 6.45) is 3.12. The number of pyridine rings is 2. The van der Waals surface area contributed by atoms with Crippen molar-refractivity contribution in [2.75, 3.05) is 0 Å². The number of aromatic amines is 1. The van der Waals surface area contributed by atoms with E-state index in [9.17, 15) is 4.79 Å². The van der Waals surface area contributed by atoms with Gasteiger partial charge in [0, 0.05) is 23.8 Å². The van der Waals surface area contributed by atoms with E-state index < -0.39 is 0 Å². The maximum Gasteiger partial charge on any atom is 0.248 e. The molecule has 4 heteroatoms. The molecule has 2 heterocycles. The van der Waals surface area contributed by atoms with Crippen LogP contribution in [0.1, 0.15) is 0 Å². The van der Waals surface area contributed by atoms with Gasteiger partial charge in [-0.15, -0.1) is 0 Å². The second-order valence-corrected chi connectivity index (χ2v) is 2.54. The fourth-order valence-corrected chi connectivity index (χ4v) is 1.07. The molecule has 1 N–H and O–H groups in total. The van der Waals surface area contributed by atoms with Gasteiger partial charge in [-0.05, 0) is 0 Å². The van der Waals surface area contributed by atoms with Gasteiger partial charge in [-0.25, -0.2) is 0 Å². The Bertz CT molecular complexity index is 478. The summed E-state index contributed by atoms with van der Waals surface area (Å²) in [7, 11) is 5.50. The Hall–Kier alpha value is -1.58. The average molecular weight is 156 g/mol. The van der Waals surface area contributed by atoms with Crippen molar-refractivity contribution >= 4 is 24.2 Å². The van der Waals surface area contributed by atoms with Gasteiger partial charge in [0.2, 0.25) is 5.56 Å². The minimum atomic E-state index is -0.144. The number of H-pyrrole nitrogens is 1. The maximum atomic E-state index is 10.9. The molecular formula is C8H5BN2O. The van der Waals surface area contributed by atoms with E-state index >= 15 is 0 Å². The molecule has 3 nitrogen and oxygen atoms in total. The van der Waals surface area contributed by atoms with Crippen LogP contribution < -0.4 is 11.0 Å². The van der Waals surface area contributed by atoms with Gasteiger partial charge in [0.1, 0.15) is 7.85 Å². The number of aromatic nitrogens is 2. The summed E-state index contributed by atoms with van der Waals surface area (Å²) in [5.41, 5.74) is 1.16. The monoisotopic (exact) mass is 156 g/mol. The summed E-state index contributed by atoms with van der Waals surface area (Å²) in [4.78, 5) is 17.4. The predicted octanol–water partition coefficient (Wildman–Crippen LogP) is -0.283. The largest absolute Gasteiger partial charge is 0.327 e. The molecule has 0 aliphatic rings. The second-order valence-electron chi connectivity index (χ2n) is 2.54. The van der Waals surface area contributed by atoms with Crippen molar-refractivity contribution in [1.29, 1.82) is 0 Å². The Morgan fingerprint density at radius 1 is 1.42 bits per heavy atom. The first-order valence-electron chi connectivity index (χ1n) is 3.50. The third kappa shape index (κ3) is 1.11. The molecule has 2 radical (unpaired) electrons. The first-order valence-corrected chi connectivity index (χ1v) is 3.50. The summed E-state index contributed by atoms with van der Waals surface area (Å²) < 4.78 is 0. The van der Waals surface area contributed by atoms with Crippen LogP contribution in [-0.2, 0) is 0 Å². The van der Waals surface area contributed by atoms with Crippen LogP contribution in [0.3, 0.4) is 0 Å². The van der Waals surface area contributed by atoms with Crippen LogP contribution in [0.5, 0.6) is 0 Å². The molecule has 0 saturated heterocycles. The normalized spacial score (nSPS) is 10.3. The van der Waals surface area contributed by atoms with Gasteiger partial charge >= 0.3 is 0 Å². The van der Waals surface area contributed by atoms with E-state index in [1.807, 2.05) is 0 Å². The smallest absolute Gasteiger partial charge is 0.248 e. The zero-order chi connectivity index (χ0) is 8.55. The fourth-order valence-electron chi connectivity index (χ4n) is 1.07. The van der Waals surface area contributed by atoms with Gasteiger partial charge in [0.15, 0.2) is 0 Å². The molecule has 0 fully saturated rings. The van der Waals surface area contributed by atoms with Crippen molar-refractivity contribution in [2.45, 2.75) is 0 Å². The Morgan fingerprint density at radius 3 is 3.08 bits per heavy atom. The van der Waals surface area contributed by atoms with E-state index in [4.69, 9.17) is 7.85 Å². The lowest BCUT2D eigenvalue weighted by Crippen LogP contribution is -2.07. The topological polar surface area (TPSA) is 45.8 Å². The molecule has 0 unspecified atom stereocenters. The van der Waals surface area contributed by atoms with Crippen LogP contribution in [0.15, 0.2) is 29.3 Å². The lowest BCUT2D eigenvalue weighted by molar-refractivity contribution is 1.24. The van der Waals surface area contributed by atoms with Crippen LogP contribution in [0.4, 0.5) is 0 Å². The molecule has 2 aromatic heterocycles. The molecule has 2 rings (SSSR count). The highest BCUT2D eigenvalue weighted by Crippen LogP contribution is 2.02. The Morgan fingerprint density at radius 2 is 2.25 bits per heavy atom. The van der Waals surface area contributed by atoms with Crippen molar-refractivity contribution in [2.24, 2.45) is 0 Å². The number of rotatable bonds is 0. The van der Waals surface area contributed by atoms with Crippen LogP contribution in [0.25, 0.3) is 10.9 Å². The van der Waals surface area contributed by atoms with Gasteiger partial charge < -0.3 is 4.98 Å². The standard InChI is InChI=1S/C8H5BN2O/c9-6-1-5-2-8(12)11-4-7(5)10-3-6/h1-4H,(H,11,12). The highest BCUT2D eigenvalue weighted by Gasteiger charge is 1.94. The number of nitrogens with one attached hydrogen (secondary N) is 1. The van der Waals surface area contributed by atoms with E-state index in [0.717, 1.165) is 10.9 Å². The zero-order valence-corrected chi connectivity index (χ0v) is 6.24. The van der Waals surface area contributed by atoms with Gasteiger partial charge in [-0.2, -0.15) is 0 Å². The minimum Gasteiger partial charge on any atom is -0.327 e. The summed E-state index contributed by atoms with van der Waals surface area (Å²) in [6, 6.07) is 3.19. The fraction of sp³-hybridized carbons (Fsp3) is 0. The predicted molar refractivity (Wildman–Crippen MR) is 47.8 cm³/mol.